The normalized spacial score (nSPS) is 12.8. The van der Waals surface area contributed by atoms with Gasteiger partial charge in [-0.1, -0.05) is 11.6 Å². The average molecular weight is 414 g/mol. The van der Waals surface area contributed by atoms with Crippen LogP contribution in [0.5, 0.6) is 0 Å². The zero-order chi connectivity index (χ0) is 21.0. The topological polar surface area (TPSA) is 72.1 Å². The number of halogens is 1. The van der Waals surface area contributed by atoms with Crippen LogP contribution in [0.15, 0.2) is 41.7 Å². The number of aromatic nitrogens is 4. The molecule has 2 heterocycles. The van der Waals surface area contributed by atoms with Gasteiger partial charge >= 0.3 is 0 Å². The molecule has 3 rings (SSSR count). The molecule has 0 bridgehead atoms. The summed E-state index contributed by atoms with van der Waals surface area (Å²) in [6, 6.07) is 7.82. The predicted molar refractivity (Wildman–Crippen MR) is 118 cm³/mol. The van der Waals surface area contributed by atoms with Crippen molar-refractivity contribution < 1.29 is 0 Å². The van der Waals surface area contributed by atoms with Gasteiger partial charge in [0.2, 0.25) is 0 Å². The molecule has 2 aromatic heterocycles. The summed E-state index contributed by atoms with van der Waals surface area (Å²) in [5, 5.41) is 16.4. The van der Waals surface area contributed by atoms with Crippen LogP contribution in [0, 0.1) is 13.8 Å². The molecule has 0 amide bonds. The lowest BCUT2D eigenvalue weighted by Crippen LogP contribution is -2.42. The molecule has 1 atom stereocenters. The maximum Gasteiger partial charge on any atom is 0.191 e. The van der Waals surface area contributed by atoms with E-state index in [-0.39, 0.29) is 6.04 Å². The van der Waals surface area contributed by atoms with Crippen molar-refractivity contribution in [3.63, 3.8) is 0 Å². The lowest BCUT2D eigenvalue weighted by molar-refractivity contribution is 0.635. The van der Waals surface area contributed by atoms with E-state index >= 15 is 0 Å². The highest BCUT2D eigenvalue weighted by Gasteiger charge is 2.14. The minimum atomic E-state index is 0.222. The van der Waals surface area contributed by atoms with Gasteiger partial charge in [-0.3, -0.25) is 9.67 Å². The summed E-state index contributed by atoms with van der Waals surface area (Å²) in [6.45, 7) is 6.94. The van der Waals surface area contributed by atoms with E-state index in [0.29, 0.717) is 11.6 Å². The number of aryl methyl sites for hydroxylation is 2. The average Bonchev–Trinajstić information content (AvgIpc) is 3.26. The molecule has 1 unspecified atom stereocenters. The SMILES string of the molecule is CN=C(NCc1cnn(-c2ccc(Cl)cc2)c1)NC(C)Cc1c(C)nn(C)c1C. The number of nitrogens with one attached hydrogen (secondary N) is 2. The highest BCUT2D eigenvalue weighted by atomic mass is 35.5. The number of aliphatic imine (C=N–C) groups is 1. The Balaban J connectivity index is 1.56. The van der Waals surface area contributed by atoms with Crippen LogP contribution in [0.1, 0.15) is 29.4 Å². The predicted octanol–water partition coefficient (Wildman–Crippen LogP) is 3.17. The second-order valence-electron chi connectivity index (χ2n) is 7.22. The monoisotopic (exact) mass is 413 g/mol. The van der Waals surface area contributed by atoms with Crippen LogP contribution in [0.4, 0.5) is 0 Å². The molecule has 0 spiro atoms. The van der Waals surface area contributed by atoms with Gasteiger partial charge in [0.15, 0.2) is 5.96 Å². The third kappa shape index (κ3) is 5.17. The van der Waals surface area contributed by atoms with Crippen molar-refractivity contribution in [2.24, 2.45) is 12.0 Å². The highest BCUT2D eigenvalue weighted by Crippen LogP contribution is 2.15. The molecule has 0 aliphatic carbocycles. The number of nitrogens with zero attached hydrogens (tertiary/aromatic N) is 5. The van der Waals surface area contributed by atoms with Gasteiger partial charge in [-0.25, -0.2) is 4.68 Å². The first kappa shape index (κ1) is 20.9. The molecule has 8 heteroatoms. The van der Waals surface area contributed by atoms with Crippen molar-refractivity contribution in [1.82, 2.24) is 30.2 Å². The Morgan fingerprint density at radius 2 is 1.97 bits per heavy atom. The molecule has 0 aliphatic rings. The number of benzene rings is 1. The van der Waals surface area contributed by atoms with Crippen molar-refractivity contribution in [2.75, 3.05) is 7.05 Å². The molecule has 2 N–H and O–H groups in total. The number of hydrogen-bond acceptors (Lipinski definition) is 3. The van der Waals surface area contributed by atoms with E-state index in [0.717, 1.165) is 29.3 Å². The van der Waals surface area contributed by atoms with Crippen LogP contribution >= 0.6 is 11.6 Å². The smallest absolute Gasteiger partial charge is 0.191 e. The van der Waals surface area contributed by atoms with E-state index in [1.54, 1.807) is 7.05 Å². The molecule has 154 valence electrons. The van der Waals surface area contributed by atoms with Gasteiger partial charge in [-0.15, -0.1) is 0 Å². The number of rotatable bonds is 6. The first-order chi connectivity index (χ1) is 13.9. The van der Waals surface area contributed by atoms with E-state index in [9.17, 15) is 0 Å². The second-order valence-corrected chi connectivity index (χ2v) is 7.65. The molecule has 0 aliphatic heterocycles. The third-order valence-corrected chi connectivity index (χ3v) is 5.22. The Labute approximate surface area is 176 Å². The van der Waals surface area contributed by atoms with Gasteiger partial charge in [0.1, 0.15) is 0 Å². The molecule has 0 fully saturated rings. The molecule has 0 saturated heterocycles. The highest BCUT2D eigenvalue weighted by molar-refractivity contribution is 6.30. The van der Waals surface area contributed by atoms with Crippen molar-refractivity contribution in [1.29, 1.82) is 0 Å². The molecule has 0 saturated carbocycles. The molecular weight excluding hydrogens is 386 g/mol. The first-order valence-corrected chi connectivity index (χ1v) is 10.0. The van der Waals surface area contributed by atoms with Crippen LogP contribution in [-0.4, -0.2) is 38.6 Å². The lowest BCUT2D eigenvalue weighted by Gasteiger charge is -2.18. The summed E-state index contributed by atoms with van der Waals surface area (Å²) in [6.07, 6.45) is 4.73. The molecule has 0 radical (unpaired) electrons. The maximum absolute atomic E-state index is 5.95. The van der Waals surface area contributed by atoms with Gasteiger partial charge in [0.25, 0.3) is 0 Å². The fraction of sp³-hybridized carbons (Fsp3) is 0.381. The van der Waals surface area contributed by atoms with Crippen LogP contribution in [0.25, 0.3) is 5.69 Å². The Hall–Kier alpha value is -2.80. The Bertz CT molecular complexity index is 985. The Morgan fingerprint density at radius 3 is 2.59 bits per heavy atom. The standard InChI is InChI=1S/C21H28ClN7/c1-14(10-20-15(2)27-28(5)16(20)3)26-21(23-4)24-11-17-12-25-29(13-17)19-8-6-18(22)7-9-19/h6-9,12-14H,10-11H2,1-5H3,(H2,23,24,26). The third-order valence-electron chi connectivity index (χ3n) is 4.96. The number of guanidine groups is 1. The van der Waals surface area contributed by atoms with Gasteiger partial charge in [-0.05, 0) is 57.0 Å². The van der Waals surface area contributed by atoms with E-state index < -0.39 is 0 Å². The summed E-state index contributed by atoms with van der Waals surface area (Å²) in [5.41, 5.74) is 5.60. The van der Waals surface area contributed by atoms with E-state index in [2.05, 4.69) is 46.6 Å². The van der Waals surface area contributed by atoms with Gasteiger partial charge in [0, 0.05) is 49.2 Å². The maximum atomic E-state index is 5.95. The molecular formula is C21H28ClN7. The van der Waals surface area contributed by atoms with Crippen molar-refractivity contribution >= 4 is 17.6 Å². The summed E-state index contributed by atoms with van der Waals surface area (Å²) in [7, 11) is 3.76. The van der Waals surface area contributed by atoms with E-state index in [1.165, 1.54) is 11.3 Å². The lowest BCUT2D eigenvalue weighted by atomic mass is 10.1. The van der Waals surface area contributed by atoms with Gasteiger partial charge in [-0.2, -0.15) is 10.2 Å². The quantitative estimate of drug-likeness (QED) is 0.481. The van der Waals surface area contributed by atoms with Crippen molar-refractivity contribution in [3.05, 3.63) is 64.2 Å². The molecule has 7 nitrogen and oxygen atoms in total. The van der Waals surface area contributed by atoms with E-state index in [4.69, 9.17) is 11.6 Å². The largest absolute Gasteiger partial charge is 0.354 e. The summed E-state index contributed by atoms with van der Waals surface area (Å²) in [5.74, 6) is 0.760. The van der Waals surface area contributed by atoms with Crippen LogP contribution < -0.4 is 10.6 Å². The summed E-state index contributed by atoms with van der Waals surface area (Å²) >= 11 is 5.95. The summed E-state index contributed by atoms with van der Waals surface area (Å²) < 4.78 is 3.77. The van der Waals surface area contributed by atoms with Crippen LogP contribution in [0.2, 0.25) is 5.02 Å². The summed E-state index contributed by atoms with van der Waals surface area (Å²) in [4.78, 5) is 4.34. The molecule has 1 aromatic carbocycles. The van der Waals surface area contributed by atoms with Crippen LogP contribution in [-0.2, 0) is 20.0 Å². The van der Waals surface area contributed by atoms with Gasteiger partial charge in [0.05, 0.1) is 17.6 Å². The molecule has 29 heavy (non-hydrogen) atoms. The Kier molecular flexibility index (Phi) is 6.59. The number of hydrogen-bond donors (Lipinski definition) is 2. The van der Waals surface area contributed by atoms with Crippen LogP contribution in [0.3, 0.4) is 0 Å². The van der Waals surface area contributed by atoms with Crippen molar-refractivity contribution in [2.45, 2.75) is 39.8 Å². The zero-order valence-electron chi connectivity index (χ0n) is 17.6. The first-order valence-electron chi connectivity index (χ1n) is 9.63. The van der Waals surface area contributed by atoms with E-state index in [1.807, 2.05) is 53.1 Å². The van der Waals surface area contributed by atoms with Gasteiger partial charge < -0.3 is 10.6 Å². The minimum Gasteiger partial charge on any atom is -0.354 e. The fourth-order valence-corrected chi connectivity index (χ4v) is 3.40. The van der Waals surface area contributed by atoms with Crippen molar-refractivity contribution in [3.8, 4) is 5.69 Å². The minimum absolute atomic E-state index is 0.222. The fourth-order valence-electron chi connectivity index (χ4n) is 3.27. The molecule has 3 aromatic rings. The zero-order valence-corrected chi connectivity index (χ0v) is 18.3. The Morgan fingerprint density at radius 1 is 1.24 bits per heavy atom. The second kappa shape index (κ2) is 9.13.